The molecule has 0 saturated carbocycles. The summed E-state index contributed by atoms with van der Waals surface area (Å²) in [5.74, 6) is 0.294. The first-order valence-corrected chi connectivity index (χ1v) is 13.0. The Bertz CT molecular complexity index is 1010. The summed E-state index contributed by atoms with van der Waals surface area (Å²) in [6.07, 6.45) is 0.148. The van der Waals surface area contributed by atoms with Gasteiger partial charge in [-0.25, -0.2) is 8.42 Å². The fourth-order valence-corrected chi connectivity index (χ4v) is 7.32. The van der Waals surface area contributed by atoms with Crippen molar-refractivity contribution in [1.82, 2.24) is 5.32 Å². The van der Waals surface area contributed by atoms with Gasteiger partial charge in [0.25, 0.3) is 0 Å². The Hall–Kier alpha value is -1.61. The molecule has 3 rings (SSSR count). The molecule has 0 radical (unpaired) electrons. The van der Waals surface area contributed by atoms with E-state index in [9.17, 15) is 13.2 Å². The molecule has 0 spiro atoms. The van der Waals surface area contributed by atoms with Crippen LogP contribution < -0.4 is 10.1 Å². The van der Waals surface area contributed by atoms with Crippen LogP contribution in [0, 0.1) is 0 Å². The van der Waals surface area contributed by atoms with Crippen LogP contribution in [0.5, 0.6) is 5.75 Å². The molecule has 0 bridgehead atoms. The van der Waals surface area contributed by atoms with Gasteiger partial charge in [-0.1, -0.05) is 0 Å². The number of halogens is 1. The Balaban J connectivity index is 0.00000363. The van der Waals surface area contributed by atoms with Crippen LogP contribution in [0.1, 0.15) is 45.4 Å². The van der Waals surface area contributed by atoms with E-state index in [0.717, 1.165) is 16.2 Å². The number of benzene rings is 1. The number of ether oxygens (including phenoxy) is 2. The number of sulfone groups is 1. The van der Waals surface area contributed by atoms with Crippen molar-refractivity contribution in [3.8, 4) is 16.2 Å². The summed E-state index contributed by atoms with van der Waals surface area (Å²) in [6.45, 7) is 8.81. The molecular weight excluding hydrogens is 470 g/mol. The van der Waals surface area contributed by atoms with Gasteiger partial charge in [-0.3, -0.25) is 4.79 Å². The summed E-state index contributed by atoms with van der Waals surface area (Å²) < 4.78 is 36.6. The van der Waals surface area contributed by atoms with Crippen molar-refractivity contribution in [2.75, 3.05) is 25.4 Å². The topological polar surface area (TPSA) is 81.7 Å². The zero-order chi connectivity index (χ0) is 22.7. The van der Waals surface area contributed by atoms with Gasteiger partial charge in [0.1, 0.15) is 16.1 Å². The predicted molar refractivity (Wildman–Crippen MR) is 132 cm³/mol. The molecule has 1 aliphatic heterocycles. The second kappa shape index (κ2) is 10.5. The number of esters is 1. The summed E-state index contributed by atoms with van der Waals surface area (Å²) in [5.41, 5.74) is 0.310. The summed E-state index contributed by atoms with van der Waals surface area (Å²) in [5, 5.41) is 3.16. The van der Waals surface area contributed by atoms with Crippen molar-refractivity contribution in [2.45, 2.75) is 50.9 Å². The number of nitrogens with one attached hydrogen (secondary N) is 1. The van der Waals surface area contributed by atoms with Crippen LogP contribution in [0.3, 0.4) is 0 Å². The maximum atomic E-state index is 13.4. The third kappa shape index (κ3) is 6.04. The van der Waals surface area contributed by atoms with Gasteiger partial charge < -0.3 is 14.8 Å². The molecule has 1 unspecified atom stereocenters. The second-order valence-electron chi connectivity index (χ2n) is 8.70. The Labute approximate surface area is 201 Å². The van der Waals surface area contributed by atoms with Gasteiger partial charge in [0.05, 0.1) is 18.8 Å². The van der Waals surface area contributed by atoms with E-state index in [2.05, 4.69) is 5.32 Å². The number of carbonyl (C=O) groups excluding carboxylic acids is 1. The monoisotopic (exact) mass is 501 g/mol. The lowest BCUT2D eigenvalue weighted by Gasteiger charge is -2.31. The van der Waals surface area contributed by atoms with Crippen LogP contribution in [0.15, 0.2) is 36.4 Å². The van der Waals surface area contributed by atoms with E-state index in [1.807, 2.05) is 43.3 Å². The molecule has 1 aromatic heterocycles. The first kappa shape index (κ1) is 26.6. The van der Waals surface area contributed by atoms with E-state index in [1.165, 1.54) is 11.3 Å². The highest BCUT2D eigenvalue weighted by molar-refractivity contribution is 7.92. The zero-order valence-electron chi connectivity index (χ0n) is 19.0. The van der Waals surface area contributed by atoms with E-state index in [0.29, 0.717) is 31.0 Å². The normalized spacial score (nSPS) is 20.6. The molecular formula is C23H32ClNO5S2. The fraction of sp³-hybridized carbons (Fsp3) is 0.522. The minimum absolute atomic E-state index is 0. The lowest BCUT2D eigenvalue weighted by atomic mass is 9.97. The minimum atomic E-state index is -3.58. The summed E-state index contributed by atoms with van der Waals surface area (Å²) in [6, 6.07) is 11.5. The average molecular weight is 502 g/mol. The van der Waals surface area contributed by atoms with Crippen molar-refractivity contribution >= 4 is 39.6 Å². The van der Waals surface area contributed by atoms with Gasteiger partial charge in [-0.15, -0.1) is 23.7 Å². The number of carbonyl (C=O) groups is 1. The number of rotatable bonds is 6. The summed E-state index contributed by atoms with van der Waals surface area (Å²) in [4.78, 5) is 14.4. The quantitative estimate of drug-likeness (QED) is 0.584. The molecule has 2 heterocycles. The van der Waals surface area contributed by atoms with Gasteiger partial charge in [0, 0.05) is 16.3 Å². The number of thiophene rings is 1. The molecule has 1 aromatic carbocycles. The van der Waals surface area contributed by atoms with Gasteiger partial charge in [0.15, 0.2) is 9.84 Å². The van der Waals surface area contributed by atoms with Crippen LogP contribution in [-0.2, 0) is 24.1 Å². The molecule has 1 saturated heterocycles. The Kier molecular flexibility index (Phi) is 8.78. The highest BCUT2D eigenvalue weighted by atomic mass is 35.5. The van der Waals surface area contributed by atoms with E-state index in [1.54, 1.807) is 20.8 Å². The van der Waals surface area contributed by atoms with Gasteiger partial charge >= 0.3 is 5.97 Å². The largest absolute Gasteiger partial charge is 0.494 e. The van der Waals surface area contributed by atoms with Gasteiger partial charge in [-0.05, 0) is 82.6 Å². The van der Waals surface area contributed by atoms with Crippen LogP contribution in [-0.4, -0.2) is 45.4 Å². The summed E-state index contributed by atoms with van der Waals surface area (Å²) >= 11 is 1.43. The molecule has 0 aliphatic carbocycles. The number of hydrogen-bond donors (Lipinski definition) is 1. The van der Waals surface area contributed by atoms with Crippen molar-refractivity contribution in [3.05, 3.63) is 41.3 Å². The minimum Gasteiger partial charge on any atom is -0.494 e. The predicted octanol–water partition coefficient (Wildman–Crippen LogP) is 4.57. The average Bonchev–Trinajstić information content (AvgIpc) is 3.11. The maximum Gasteiger partial charge on any atom is 0.308 e. The standard InChI is InChI=1S/C23H31NO5S2.ClH/c1-5-28-18-8-6-17(7-9-18)19-10-11-20(30-19)23(16-21(25)29-22(2,3)4)12-13-24-14-15-31(23,26)27;/h6-11,24H,5,12-16H2,1-4H3;1H. The Morgan fingerprint density at radius 3 is 2.44 bits per heavy atom. The molecule has 178 valence electrons. The second-order valence-corrected chi connectivity index (χ2v) is 12.2. The third-order valence-electron chi connectivity index (χ3n) is 5.20. The van der Waals surface area contributed by atoms with Crippen molar-refractivity contribution < 1.29 is 22.7 Å². The lowest BCUT2D eigenvalue weighted by Crippen LogP contribution is -2.40. The molecule has 32 heavy (non-hydrogen) atoms. The third-order valence-corrected chi connectivity index (χ3v) is 9.17. The van der Waals surface area contributed by atoms with Crippen molar-refractivity contribution in [2.24, 2.45) is 0 Å². The van der Waals surface area contributed by atoms with Crippen LogP contribution >= 0.6 is 23.7 Å². The van der Waals surface area contributed by atoms with Crippen molar-refractivity contribution in [3.63, 3.8) is 0 Å². The van der Waals surface area contributed by atoms with E-state index >= 15 is 0 Å². The van der Waals surface area contributed by atoms with E-state index < -0.39 is 26.2 Å². The first-order chi connectivity index (χ1) is 14.6. The van der Waals surface area contributed by atoms with Crippen molar-refractivity contribution in [1.29, 1.82) is 0 Å². The lowest BCUT2D eigenvalue weighted by molar-refractivity contribution is -0.155. The van der Waals surface area contributed by atoms with Crippen LogP contribution in [0.4, 0.5) is 0 Å². The molecule has 1 N–H and O–H groups in total. The molecule has 0 amide bonds. The smallest absolute Gasteiger partial charge is 0.308 e. The van der Waals surface area contributed by atoms with Crippen LogP contribution in [0.25, 0.3) is 10.4 Å². The molecule has 1 aliphatic rings. The van der Waals surface area contributed by atoms with E-state index in [-0.39, 0.29) is 24.6 Å². The molecule has 9 heteroatoms. The SMILES string of the molecule is CCOc1ccc(-c2ccc(C3(CC(=O)OC(C)(C)C)CCNCCS3(=O)=O)s2)cc1.Cl. The molecule has 6 nitrogen and oxygen atoms in total. The Morgan fingerprint density at radius 1 is 1.12 bits per heavy atom. The molecule has 2 aromatic rings. The first-order valence-electron chi connectivity index (χ1n) is 10.5. The highest BCUT2D eigenvalue weighted by Gasteiger charge is 2.49. The fourth-order valence-electron chi connectivity index (χ4n) is 3.77. The van der Waals surface area contributed by atoms with E-state index in [4.69, 9.17) is 9.47 Å². The molecule has 1 fully saturated rings. The maximum absolute atomic E-state index is 13.4. The van der Waals surface area contributed by atoms with Gasteiger partial charge in [-0.2, -0.15) is 0 Å². The van der Waals surface area contributed by atoms with Crippen LogP contribution in [0.2, 0.25) is 0 Å². The molecule has 1 atom stereocenters. The Morgan fingerprint density at radius 2 is 1.81 bits per heavy atom. The zero-order valence-corrected chi connectivity index (χ0v) is 21.4. The van der Waals surface area contributed by atoms with Gasteiger partial charge in [0.2, 0.25) is 0 Å². The summed E-state index contributed by atoms with van der Waals surface area (Å²) in [7, 11) is -3.58. The highest BCUT2D eigenvalue weighted by Crippen LogP contribution is 2.45. The number of hydrogen-bond acceptors (Lipinski definition) is 7.